The second kappa shape index (κ2) is 2.64. The smallest absolute Gasteiger partial charge is 0.194 e. The van der Waals surface area contributed by atoms with E-state index in [4.69, 9.17) is 5.21 Å². The van der Waals surface area contributed by atoms with Crippen LogP contribution in [0.2, 0.25) is 0 Å². The molecule has 0 amide bonds. The third-order valence-electron chi connectivity index (χ3n) is 1.74. The average Bonchev–Trinajstić information content (AvgIpc) is 1.95. The van der Waals surface area contributed by atoms with Crippen LogP contribution < -0.4 is 0 Å². The van der Waals surface area contributed by atoms with E-state index in [0.717, 1.165) is 0 Å². The van der Waals surface area contributed by atoms with Crippen molar-refractivity contribution in [2.24, 2.45) is 5.16 Å². The molecule has 54 valence electrons. The van der Waals surface area contributed by atoms with Gasteiger partial charge in [0.1, 0.15) is 12.8 Å². The van der Waals surface area contributed by atoms with Gasteiger partial charge in [-0.25, -0.2) is 4.58 Å². The van der Waals surface area contributed by atoms with Crippen LogP contribution in [-0.2, 0) is 0 Å². The molecule has 1 N–H and O–H groups in total. The Balaban J connectivity index is 2.89. The zero-order chi connectivity index (χ0) is 7.56. The first-order chi connectivity index (χ1) is 4.75. The molecule has 1 aliphatic rings. The van der Waals surface area contributed by atoms with Crippen molar-refractivity contribution in [2.45, 2.75) is 13.0 Å². The molecule has 0 saturated carbocycles. The van der Waals surface area contributed by atoms with Crippen LogP contribution in [0.5, 0.6) is 0 Å². The SMILES string of the molecule is CC1C(=NO)C=CC=[N+]1C. The maximum Gasteiger partial charge on any atom is 0.194 e. The molecular formula is C7H11N2O+. The summed E-state index contributed by atoms with van der Waals surface area (Å²) in [5, 5.41) is 11.6. The van der Waals surface area contributed by atoms with Crippen molar-refractivity contribution in [3.8, 4) is 0 Å². The fourth-order valence-electron chi connectivity index (χ4n) is 0.871. The number of hydrogen-bond acceptors (Lipinski definition) is 2. The van der Waals surface area contributed by atoms with E-state index in [1.54, 1.807) is 6.08 Å². The monoisotopic (exact) mass is 139 g/mol. The van der Waals surface area contributed by atoms with Gasteiger partial charge in [-0.3, -0.25) is 0 Å². The second-order valence-corrected chi connectivity index (χ2v) is 2.37. The maximum atomic E-state index is 8.48. The first-order valence-corrected chi connectivity index (χ1v) is 3.21. The summed E-state index contributed by atoms with van der Waals surface area (Å²) in [6, 6.07) is 0.176. The van der Waals surface area contributed by atoms with E-state index in [1.807, 2.05) is 30.8 Å². The molecule has 0 spiro atoms. The number of allylic oxidation sites excluding steroid dienone is 1. The molecule has 1 atom stereocenters. The lowest BCUT2D eigenvalue weighted by molar-refractivity contribution is -0.510. The van der Waals surface area contributed by atoms with Crippen molar-refractivity contribution in [3.63, 3.8) is 0 Å². The first kappa shape index (κ1) is 6.99. The summed E-state index contributed by atoms with van der Waals surface area (Å²) in [6.07, 6.45) is 5.60. The van der Waals surface area contributed by atoms with Gasteiger partial charge >= 0.3 is 0 Å². The molecule has 0 aromatic rings. The maximum absolute atomic E-state index is 8.48. The van der Waals surface area contributed by atoms with Gasteiger partial charge in [0.25, 0.3) is 0 Å². The third kappa shape index (κ3) is 1.07. The predicted molar refractivity (Wildman–Crippen MR) is 40.1 cm³/mol. The lowest BCUT2D eigenvalue weighted by Crippen LogP contribution is -2.30. The topological polar surface area (TPSA) is 35.6 Å². The van der Waals surface area contributed by atoms with Crippen LogP contribution >= 0.6 is 0 Å². The average molecular weight is 139 g/mol. The van der Waals surface area contributed by atoms with Gasteiger partial charge in [0.05, 0.1) is 0 Å². The largest absolute Gasteiger partial charge is 0.410 e. The van der Waals surface area contributed by atoms with Crippen LogP contribution in [0.1, 0.15) is 6.92 Å². The lowest BCUT2D eigenvalue weighted by Gasteiger charge is -2.08. The van der Waals surface area contributed by atoms with Gasteiger partial charge in [0, 0.05) is 13.0 Å². The van der Waals surface area contributed by atoms with Crippen LogP contribution in [0.3, 0.4) is 0 Å². The van der Waals surface area contributed by atoms with Crippen molar-refractivity contribution >= 4 is 11.9 Å². The van der Waals surface area contributed by atoms with E-state index in [2.05, 4.69) is 5.16 Å². The third-order valence-corrected chi connectivity index (χ3v) is 1.74. The van der Waals surface area contributed by atoms with E-state index in [0.29, 0.717) is 5.71 Å². The van der Waals surface area contributed by atoms with Gasteiger partial charge in [0.15, 0.2) is 12.3 Å². The van der Waals surface area contributed by atoms with Crippen LogP contribution in [0.4, 0.5) is 0 Å². The Morgan fingerprint density at radius 3 is 2.90 bits per heavy atom. The summed E-state index contributed by atoms with van der Waals surface area (Å²) in [5.74, 6) is 0. The highest BCUT2D eigenvalue weighted by Crippen LogP contribution is 1.98. The molecule has 1 rings (SSSR count). The van der Waals surface area contributed by atoms with Gasteiger partial charge in [-0.2, -0.15) is 0 Å². The van der Waals surface area contributed by atoms with Crippen LogP contribution in [0, 0.1) is 0 Å². The summed E-state index contributed by atoms with van der Waals surface area (Å²) < 4.78 is 1.98. The summed E-state index contributed by atoms with van der Waals surface area (Å²) in [7, 11) is 1.94. The number of oxime groups is 1. The molecule has 0 aromatic heterocycles. The molecule has 0 aliphatic carbocycles. The van der Waals surface area contributed by atoms with Gasteiger partial charge in [0.2, 0.25) is 0 Å². The summed E-state index contributed by atoms with van der Waals surface area (Å²) >= 11 is 0. The van der Waals surface area contributed by atoms with Crippen molar-refractivity contribution in [3.05, 3.63) is 12.2 Å². The van der Waals surface area contributed by atoms with E-state index in [9.17, 15) is 0 Å². The van der Waals surface area contributed by atoms with Crippen LogP contribution in [-0.4, -0.2) is 34.8 Å². The zero-order valence-electron chi connectivity index (χ0n) is 6.15. The van der Waals surface area contributed by atoms with E-state index >= 15 is 0 Å². The Morgan fingerprint density at radius 1 is 1.70 bits per heavy atom. The fraction of sp³-hybridized carbons (Fsp3) is 0.429. The second-order valence-electron chi connectivity index (χ2n) is 2.37. The highest BCUT2D eigenvalue weighted by atomic mass is 16.4. The molecule has 10 heavy (non-hydrogen) atoms. The Hall–Kier alpha value is -1.12. The standard InChI is InChI=1S/C7H10N2O/c1-6-7(8-10)4-3-5-9(6)2/h3-6H,1-2H3/p+1. The highest BCUT2D eigenvalue weighted by molar-refractivity contribution is 6.01. The van der Waals surface area contributed by atoms with E-state index < -0.39 is 0 Å². The van der Waals surface area contributed by atoms with Gasteiger partial charge in [-0.15, -0.1) is 0 Å². The number of nitrogens with zero attached hydrogens (tertiary/aromatic N) is 2. The quantitative estimate of drug-likeness (QED) is 0.296. The summed E-state index contributed by atoms with van der Waals surface area (Å²) in [4.78, 5) is 0. The summed E-state index contributed by atoms with van der Waals surface area (Å²) in [5.41, 5.74) is 0.699. The Bertz CT molecular complexity index is 216. The van der Waals surface area contributed by atoms with Crippen LogP contribution in [0.15, 0.2) is 17.3 Å². The van der Waals surface area contributed by atoms with Crippen molar-refractivity contribution < 1.29 is 9.78 Å². The number of rotatable bonds is 0. The van der Waals surface area contributed by atoms with E-state index in [1.165, 1.54) is 0 Å². The highest BCUT2D eigenvalue weighted by Gasteiger charge is 2.18. The molecule has 3 heteroatoms. The minimum absolute atomic E-state index is 0.176. The molecule has 0 fully saturated rings. The van der Waals surface area contributed by atoms with E-state index in [-0.39, 0.29) is 6.04 Å². The van der Waals surface area contributed by atoms with Crippen LogP contribution in [0.25, 0.3) is 0 Å². The molecular weight excluding hydrogens is 128 g/mol. The fourth-order valence-corrected chi connectivity index (χ4v) is 0.871. The molecule has 1 unspecified atom stereocenters. The molecule has 0 radical (unpaired) electrons. The molecule has 0 saturated heterocycles. The molecule has 0 aromatic carbocycles. The molecule has 1 aliphatic heterocycles. The molecule has 3 nitrogen and oxygen atoms in total. The van der Waals surface area contributed by atoms with Crippen molar-refractivity contribution in [2.75, 3.05) is 7.05 Å². The molecule has 0 bridgehead atoms. The van der Waals surface area contributed by atoms with Gasteiger partial charge < -0.3 is 5.21 Å². The van der Waals surface area contributed by atoms with Crippen molar-refractivity contribution in [1.82, 2.24) is 0 Å². The van der Waals surface area contributed by atoms with Gasteiger partial charge in [-0.05, 0) is 6.08 Å². The first-order valence-electron chi connectivity index (χ1n) is 3.21. The summed E-state index contributed by atoms with van der Waals surface area (Å²) in [6.45, 7) is 1.98. The van der Waals surface area contributed by atoms with Crippen molar-refractivity contribution in [1.29, 1.82) is 0 Å². The lowest BCUT2D eigenvalue weighted by atomic mass is 10.1. The Morgan fingerprint density at radius 2 is 2.40 bits per heavy atom. The Labute approximate surface area is 60.0 Å². The Kier molecular flexibility index (Phi) is 1.85. The number of hydrogen-bond donors (Lipinski definition) is 1. The molecule has 1 heterocycles. The minimum atomic E-state index is 0.176. The predicted octanol–water partition coefficient (Wildman–Crippen LogP) is 0.488. The van der Waals surface area contributed by atoms with Gasteiger partial charge in [-0.1, -0.05) is 5.16 Å². The zero-order valence-corrected chi connectivity index (χ0v) is 6.15. The normalized spacial score (nSPS) is 28.8. The minimum Gasteiger partial charge on any atom is -0.410 e.